The van der Waals surface area contributed by atoms with Gasteiger partial charge in [0.1, 0.15) is 5.75 Å². The Balaban J connectivity index is 0.000000647. The standard InChI is InChI=1S/C20H18O.CO2/c21-19-14-13-18(12-11-16-7-3-1-4-8-16)20(15-19)17-9-5-2-6-10-17;2-1-3/h1-10,13-15,21H,11-12H2;. The van der Waals surface area contributed by atoms with Crippen LogP contribution in [0.2, 0.25) is 0 Å². The fourth-order valence-corrected chi connectivity index (χ4v) is 2.59. The maximum Gasteiger partial charge on any atom is 0.373 e. The number of aromatic hydroxyl groups is 1. The highest BCUT2D eigenvalue weighted by Gasteiger charge is 2.06. The number of benzene rings is 3. The Morgan fingerprint density at radius 2 is 1.33 bits per heavy atom. The number of rotatable bonds is 4. The Morgan fingerprint density at radius 3 is 1.96 bits per heavy atom. The molecule has 3 aromatic rings. The molecule has 0 aromatic heterocycles. The summed E-state index contributed by atoms with van der Waals surface area (Å²) in [7, 11) is 0. The Morgan fingerprint density at radius 1 is 0.750 bits per heavy atom. The fourth-order valence-electron chi connectivity index (χ4n) is 2.59. The molecule has 3 aromatic carbocycles. The minimum absolute atomic E-state index is 0.250. The highest BCUT2D eigenvalue weighted by atomic mass is 16.3. The van der Waals surface area contributed by atoms with Crippen molar-refractivity contribution in [1.82, 2.24) is 0 Å². The van der Waals surface area contributed by atoms with Crippen molar-refractivity contribution >= 4 is 6.15 Å². The van der Waals surface area contributed by atoms with Crippen LogP contribution in [0, 0.1) is 0 Å². The molecule has 3 rings (SSSR count). The first-order chi connectivity index (χ1) is 11.7. The molecule has 24 heavy (non-hydrogen) atoms. The number of hydrogen-bond donors (Lipinski definition) is 1. The maximum atomic E-state index is 9.78. The molecule has 0 fully saturated rings. The van der Waals surface area contributed by atoms with Crippen molar-refractivity contribution in [3.8, 4) is 16.9 Å². The van der Waals surface area contributed by atoms with Crippen molar-refractivity contribution < 1.29 is 14.7 Å². The third-order valence-electron chi connectivity index (χ3n) is 3.70. The SMILES string of the molecule is O=C=O.Oc1ccc(CCc2ccccc2)c(-c2ccccc2)c1. The summed E-state index contributed by atoms with van der Waals surface area (Å²) in [6.45, 7) is 0. The van der Waals surface area contributed by atoms with Crippen LogP contribution in [0.4, 0.5) is 0 Å². The van der Waals surface area contributed by atoms with Gasteiger partial charge >= 0.3 is 6.15 Å². The normalized spacial score (nSPS) is 9.50. The van der Waals surface area contributed by atoms with Gasteiger partial charge in [0, 0.05) is 0 Å². The number of carbonyl (C=O) groups excluding carboxylic acids is 2. The molecule has 0 saturated carbocycles. The molecule has 120 valence electrons. The van der Waals surface area contributed by atoms with Crippen LogP contribution in [0.15, 0.2) is 78.9 Å². The molecule has 0 aliphatic heterocycles. The number of phenols is 1. The van der Waals surface area contributed by atoms with Crippen LogP contribution in [0.25, 0.3) is 11.1 Å². The van der Waals surface area contributed by atoms with Gasteiger partial charge in [-0.1, -0.05) is 66.7 Å². The predicted molar refractivity (Wildman–Crippen MR) is 92.4 cm³/mol. The molecular formula is C21H18O3. The molecule has 0 saturated heterocycles. The van der Waals surface area contributed by atoms with Crippen molar-refractivity contribution in [2.75, 3.05) is 0 Å². The molecule has 0 atom stereocenters. The Bertz CT molecular complexity index is 790. The van der Waals surface area contributed by atoms with E-state index in [-0.39, 0.29) is 6.15 Å². The summed E-state index contributed by atoms with van der Waals surface area (Å²) in [5.74, 6) is 0.317. The third-order valence-corrected chi connectivity index (χ3v) is 3.70. The monoisotopic (exact) mass is 318 g/mol. The smallest absolute Gasteiger partial charge is 0.373 e. The Hall–Kier alpha value is -3.16. The lowest BCUT2D eigenvalue weighted by molar-refractivity contribution is -0.191. The van der Waals surface area contributed by atoms with E-state index in [0.29, 0.717) is 5.75 Å². The third kappa shape index (κ3) is 4.94. The zero-order valence-electron chi connectivity index (χ0n) is 13.2. The summed E-state index contributed by atoms with van der Waals surface area (Å²) in [6.07, 6.45) is 2.22. The summed E-state index contributed by atoms with van der Waals surface area (Å²) in [6, 6.07) is 26.4. The number of phenolic OH excluding ortho intramolecular Hbond substituents is 1. The predicted octanol–water partition coefficient (Wildman–Crippen LogP) is 4.26. The first-order valence-electron chi connectivity index (χ1n) is 7.65. The molecule has 0 amide bonds. The van der Waals surface area contributed by atoms with Gasteiger partial charge in [-0.2, -0.15) is 9.59 Å². The summed E-state index contributed by atoms with van der Waals surface area (Å²) >= 11 is 0. The molecule has 0 spiro atoms. The van der Waals surface area contributed by atoms with E-state index in [2.05, 4.69) is 36.4 Å². The first-order valence-corrected chi connectivity index (χ1v) is 7.65. The van der Waals surface area contributed by atoms with Gasteiger partial charge in [0.2, 0.25) is 0 Å². The van der Waals surface area contributed by atoms with E-state index >= 15 is 0 Å². The van der Waals surface area contributed by atoms with Crippen LogP contribution in [0.3, 0.4) is 0 Å². The van der Waals surface area contributed by atoms with Crippen LogP contribution in [0.1, 0.15) is 11.1 Å². The van der Waals surface area contributed by atoms with Crippen LogP contribution < -0.4 is 0 Å². The van der Waals surface area contributed by atoms with Crippen molar-refractivity contribution in [1.29, 1.82) is 0 Å². The van der Waals surface area contributed by atoms with Gasteiger partial charge in [-0.15, -0.1) is 0 Å². The van der Waals surface area contributed by atoms with Gasteiger partial charge in [0.25, 0.3) is 0 Å². The van der Waals surface area contributed by atoms with Crippen LogP contribution in [-0.4, -0.2) is 11.3 Å². The minimum Gasteiger partial charge on any atom is -0.508 e. The second-order valence-corrected chi connectivity index (χ2v) is 5.28. The van der Waals surface area contributed by atoms with E-state index in [9.17, 15) is 5.11 Å². The molecule has 0 radical (unpaired) electrons. The summed E-state index contributed by atoms with van der Waals surface area (Å²) in [4.78, 5) is 16.2. The zero-order valence-corrected chi connectivity index (χ0v) is 13.2. The van der Waals surface area contributed by atoms with Gasteiger partial charge in [-0.25, -0.2) is 0 Å². The van der Waals surface area contributed by atoms with E-state index < -0.39 is 0 Å². The molecular weight excluding hydrogens is 300 g/mol. The van der Waals surface area contributed by atoms with Crippen molar-refractivity contribution in [2.24, 2.45) is 0 Å². The molecule has 0 aliphatic rings. The van der Waals surface area contributed by atoms with E-state index in [1.807, 2.05) is 36.4 Å². The summed E-state index contributed by atoms with van der Waals surface area (Å²) < 4.78 is 0. The molecule has 0 bridgehead atoms. The van der Waals surface area contributed by atoms with Gasteiger partial charge in [-0.3, -0.25) is 0 Å². The molecule has 0 aliphatic carbocycles. The number of hydrogen-bond acceptors (Lipinski definition) is 3. The van der Waals surface area contributed by atoms with Crippen molar-refractivity contribution in [3.63, 3.8) is 0 Å². The van der Waals surface area contributed by atoms with E-state index in [0.717, 1.165) is 24.0 Å². The average molecular weight is 318 g/mol. The largest absolute Gasteiger partial charge is 0.508 e. The lowest BCUT2D eigenvalue weighted by Crippen LogP contribution is -1.94. The molecule has 0 heterocycles. The van der Waals surface area contributed by atoms with Crippen LogP contribution in [-0.2, 0) is 22.4 Å². The molecule has 3 heteroatoms. The summed E-state index contributed by atoms with van der Waals surface area (Å²) in [5, 5.41) is 9.78. The van der Waals surface area contributed by atoms with Crippen molar-refractivity contribution in [3.05, 3.63) is 90.0 Å². The highest BCUT2D eigenvalue weighted by molar-refractivity contribution is 5.69. The van der Waals surface area contributed by atoms with E-state index in [4.69, 9.17) is 9.59 Å². The van der Waals surface area contributed by atoms with E-state index in [1.165, 1.54) is 11.1 Å². The Kier molecular flexibility index (Phi) is 6.51. The highest BCUT2D eigenvalue weighted by Crippen LogP contribution is 2.28. The average Bonchev–Trinajstić information content (AvgIpc) is 2.63. The molecule has 3 nitrogen and oxygen atoms in total. The van der Waals surface area contributed by atoms with Crippen LogP contribution in [0.5, 0.6) is 5.75 Å². The Labute approximate surface area is 141 Å². The minimum atomic E-state index is 0.250. The second kappa shape index (κ2) is 9.09. The van der Waals surface area contributed by atoms with Gasteiger partial charge in [0.15, 0.2) is 0 Å². The lowest BCUT2D eigenvalue weighted by Gasteiger charge is -2.11. The quantitative estimate of drug-likeness (QED) is 0.782. The van der Waals surface area contributed by atoms with Gasteiger partial charge in [-0.05, 0) is 47.2 Å². The van der Waals surface area contributed by atoms with Crippen molar-refractivity contribution in [2.45, 2.75) is 12.8 Å². The van der Waals surface area contributed by atoms with Crippen LogP contribution >= 0.6 is 0 Å². The molecule has 1 N–H and O–H groups in total. The van der Waals surface area contributed by atoms with Gasteiger partial charge in [0.05, 0.1) is 0 Å². The molecule has 0 unspecified atom stereocenters. The topological polar surface area (TPSA) is 54.4 Å². The second-order valence-electron chi connectivity index (χ2n) is 5.28. The summed E-state index contributed by atoms with van der Waals surface area (Å²) in [5.41, 5.74) is 4.87. The van der Waals surface area contributed by atoms with E-state index in [1.54, 1.807) is 6.07 Å². The first kappa shape index (κ1) is 17.2. The maximum absolute atomic E-state index is 9.78. The fraction of sp³-hybridized carbons (Fsp3) is 0.0952. The lowest BCUT2D eigenvalue weighted by atomic mass is 9.95. The van der Waals surface area contributed by atoms with Gasteiger partial charge < -0.3 is 5.11 Å². The zero-order chi connectivity index (χ0) is 17.2. The number of aryl methyl sites for hydroxylation is 2.